The van der Waals surface area contributed by atoms with Crippen LogP contribution >= 0.6 is 0 Å². The molecule has 7 rings (SSSR count). The maximum Gasteiger partial charge on any atom is 0.179 e. The van der Waals surface area contributed by atoms with Crippen LogP contribution in [-0.4, -0.2) is 54.1 Å². The van der Waals surface area contributed by atoms with Crippen LogP contribution in [0.4, 0.5) is 0 Å². The van der Waals surface area contributed by atoms with Crippen molar-refractivity contribution in [3.8, 4) is 17.7 Å². The maximum atomic E-state index is 12.1. The number of nitrogens with zero attached hydrogens (tertiary/aromatic N) is 2. The van der Waals surface area contributed by atoms with Gasteiger partial charge in [0, 0.05) is 42.0 Å². The van der Waals surface area contributed by atoms with E-state index in [0.29, 0.717) is 0 Å². The molecule has 4 aliphatic carbocycles. The quantitative estimate of drug-likeness (QED) is 0.704. The van der Waals surface area contributed by atoms with Crippen LogP contribution in [0.25, 0.3) is 0 Å². The summed E-state index contributed by atoms with van der Waals surface area (Å²) in [6, 6.07) is 4.30. The third-order valence-electron chi connectivity index (χ3n) is 10.9. The van der Waals surface area contributed by atoms with Gasteiger partial charge in [0.05, 0.1) is 12.7 Å². The number of fused-ring (bicyclic) bond motifs is 2. The topological polar surface area (TPSA) is 75.0 Å². The molecule has 2 spiro atoms. The van der Waals surface area contributed by atoms with E-state index in [0.717, 1.165) is 50.1 Å². The Balaban J connectivity index is 1.66. The number of nitriles is 1. The number of likely N-dealkylation sites (tertiary alicyclic amines) is 1. The van der Waals surface area contributed by atoms with Crippen LogP contribution in [0.3, 0.4) is 0 Å². The van der Waals surface area contributed by atoms with Crippen molar-refractivity contribution < 1.29 is 19.3 Å². The van der Waals surface area contributed by atoms with Gasteiger partial charge in [0.2, 0.25) is 0 Å². The van der Waals surface area contributed by atoms with Crippen molar-refractivity contribution in [1.29, 1.82) is 5.26 Å². The van der Waals surface area contributed by atoms with Crippen molar-refractivity contribution in [3.63, 3.8) is 0 Å². The van der Waals surface area contributed by atoms with Gasteiger partial charge in [-0.3, -0.25) is 0 Å². The van der Waals surface area contributed by atoms with E-state index in [1.54, 1.807) is 14.2 Å². The minimum absolute atomic E-state index is 0.107. The van der Waals surface area contributed by atoms with Crippen molar-refractivity contribution in [2.75, 3.05) is 20.8 Å². The van der Waals surface area contributed by atoms with Crippen LogP contribution in [0.15, 0.2) is 12.1 Å². The summed E-state index contributed by atoms with van der Waals surface area (Å²) < 4.78 is 19.3. The van der Waals surface area contributed by atoms with E-state index in [9.17, 15) is 10.4 Å². The normalized spacial score (nSPS) is 41.6. The van der Waals surface area contributed by atoms with Gasteiger partial charge in [-0.25, -0.2) is 0 Å². The minimum Gasteiger partial charge on any atom is -0.493 e. The van der Waals surface area contributed by atoms with Crippen LogP contribution in [0.2, 0.25) is 0 Å². The fourth-order valence-corrected chi connectivity index (χ4v) is 8.91. The molecule has 2 aliphatic heterocycles. The summed E-state index contributed by atoms with van der Waals surface area (Å²) in [5.74, 6) is 1.54. The molecule has 0 aromatic heterocycles. The molecule has 2 heterocycles. The molecule has 4 fully saturated rings. The number of rotatable bonds is 3. The molecule has 7 atom stereocenters. The highest BCUT2D eigenvalue weighted by Crippen LogP contribution is 2.77. The molecule has 1 aromatic carbocycles. The van der Waals surface area contributed by atoms with E-state index in [-0.39, 0.29) is 34.3 Å². The monoisotopic (exact) mass is 452 g/mol. The standard InChI is InChI=1S/C27H36N2O4/c1-23(2,3)24(4,30)18-14-25-9-10-27(18,32-6)22-26(25)11-12-29(15-28)19(25)13-16-7-8-17(31-5)21(33-22)20(16)26/h7-8,18-19,22,30H,9-14H2,1-6H3/t18-,19-,22-,24-,25-,26+,27-/m1/s1. The lowest BCUT2D eigenvalue weighted by Gasteiger charge is -2.75. The predicted octanol–water partition coefficient (Wildman–Crippen LogP) is 3.79. The Bertz CT molecular complexity index is 1070. The van der Waals surface area contributed by atoms with Crippen LogP contribution in [0, 0.1) is 28.2 Å². The molecule has 0 amide bonds. The average molecular weight is 453 g/mol. The third kappa shape index (κ3) is 2.10. The number of hydrogen-bond acceptors (Lipinski definition) is 6. The van der Waals surface area contributed by atoms with E-state index in [1.807, 2.05) is 17.9 Å². The van der Waals surface area contributed by atoms with Crippen molar-refractivity contribution >= 4 is 0 Å². The van der Waals surface area contributed by atoms with Gasteiger partial charge in [-0.05, 0) is 56.1 Å². The second kappa shape index (κ2) is 6.17. The summed E-state index contributed by atoms with van der Waals surface area (Å²) >= 11 is 0. The van der Waals surface area contributed by atoms with Gasteiger partial charge in [0.1, 0.15) is 11.7 Å². The van der Waals surface area contributed by atoms with Gasteiger partial charge in [-0.1, -0.05) is 26.8 Å². The molecule has 6 aliphatic rings. The van der Waals surface area contributed by atoms with Crippen molar-refractivity contribution in [2.24, 2.45) is 16.7 Å². The van der Waals surface area contributed by atoms with E-state index in [1.165, 1.54) is 11.1 Å². The second-order valence-corrected chi connectivity index (χ2v) is 12.3. The van der Waals surface area contributed by atoms with Crippen molar-refractivity contribution in [2.45, 2.75) is 88.6 Å². The van der Waals surface area contributed by atoms with Crippen LogP contribution < -0.4 is 9.47 Å². The fraction of sp³-hybridized carbons (Fsp3) is 0.741. The highest BCUT2D eigenvalue weighted by molar-refractivity contribution is 5.63. The highest BCUT2D eigenvalue weighted by atomic mass is 16.6. The molecule has 178 valence electrons. The van der Waals surface area contributed by atoms with Crippen molar-refractivity contribution in [1.82, 2.24) is 4.90 Å². The van der Waals surface area contributed by atoms with Crippen LogP contribution in [-0.2, 0) is 16.6 Å². The molecule has 3 saturated carbocycles. The molecule has 1 N–H and O–H groups in total. The van der Waals surface area contributed by atoms with Gasteiger partial charge in [0.15, 0.2) is 17.7 Å². The first kappa shape index (κ1) is 21.6. The Labute approximate surface area is 196 Å². The number of ether oxygens (including phenoxy) is 3. The summed E-state index contributed by atoms with van der Waals surface area (Å²) in [5.41, 5.74) is 0.315. The molecule has 6 heteroatoms. The molecule has 1 saturated heterocycles. The molecule has 1 aromatic rings. The van der Waals surface area contributed by atoms with E-state index in [2.05, 4.69) is 33.0 Å². The lowest BCUT2D eigenvalue weighted by atomic mass is 9.33. The Morgan fingerprint density at radius 1 is 1.18 bits per heavy atom. The molecule has 6 nitrogen and oxygen atoms in total. The second-order valence-electron chi connectivity index (χ2n) is 12.3. The van der Waals surface area contributed by atoms with Gasteiger partial charge in [-0.15, -0.1) is 0 Å². The minimum atomic E-state index is -0.966. The Kier molecular flexibility index (Phi) is 4.03. The van der Waals surface area contributed by atoms with Crippen LogP contribution in [0.5, 0.6) is 11.5 Å². The predicted molar refractivity (Wildman–Crippen MR) is 123 cm³/mol. The smallest absolute Gasteiger partial charge is 0.179 e. The lowest BCUT2D eigenvalue weighted by Crippen LogP contribution is -2.83. The maximum absolute atomic E-state index is 12.1. The number of piperidine rings is 1. The van der Waals surface area contributed by atoms with Gasteiger partial charge in [0.25, 0.3) is 0 Å². The molecular formula is C27H36N2O4. The average Bonchev–Trinajstić information content (AvgIpc) is 3.15. The third-order valence-corrected chi connectivity index (χ3v) is 10.9. The first-order valence-corrected chi connectivity index (χ1v) is 12.3. The summed E-state index contributed by atoms with van der Waals surface area (Å²) in [6.45, 7) is 9.05. The molecule has 0 radical (unpaired) electrons. The highest BCUT2D eigenvalue weighted by Gasteiger charge is 2.82. The fourth-order valence-electron chi connectivity index (χ4n) is 8.91. The zero-order chi connectivity index (χ0) is 23.6. The number of benzene rings is 1. The summed E-state index contributed by atoms with van der Waals surface area (Å²) in [5, 5.41) is 22.2. The van der Waals surface area contributed by atoms with Gasteiger partial charge >= 0.3 is 0 Å². The first-order chi connectivity index (χ1) is 15.5. The molecule has 4 bridgehead atoms. The van der Waals surface area contributed by atoms with Crippen molar-refractivity contribution in [3.05, 3.63) is 23.3 Å². The molecular weight excluding hydrogens is 416 g/mol. The zero-order valence-corrected chi connectivity index (χ0v) is 20.7. The van der Waals surface area contributed by atoms with E-state index >= 15 is 0 Å². The summed E-state index contributed by atoms with van der Waals surface area (Å²) in [7, 11) is 3.50. The zero-order valence-electron chi connectivity index (χ0n) is 20.7. The number of hydrogen-bond donors (Lipinski definition) is 1. The van der Waals surface area contributed by atoms with Gasteiger partial charge in [-0.2, -0.15) is 5.26 Å². The number of methoxy groups -OCH3 is 2. The van der Waals surface area contributed by atoms with Gasteiger partial charge < -0.3 is 24.2 Å². The number of aliphatic hydroxyl groups is 1. The lowest BCUT2D eigenvalue weighted by molar-refractivity contribution is -0.309. The summed E-state index contributed by atoms with van der Waals surface area (Å²) in [6.07, 6.45) is 6.68. The Morgan fingerprint density at radius 2 is 1.94 bits per heavy atom. The Morgan fingerprint density at radius 3 is 2.58 bits per heavy atom. The SMILES string of the molecule is COc1ccc2c3c1O[C@H]1[C@@]4(OC)CC[C@@]5(C[C@@H]4[C@@](C)(O)C(C)(C)C)[C@@H](C2)N(C#N)CC[C@]315. The Hall–Kier alpha value is -1.97. The molecule has 0 unspecified atom stereocenters. The summed E-state index contributed by atoms with van der Waals surface area (Å²) in [4.78, 5) is 2.03. The van der Waals surface area contributed by atoms with E-state index < -0.39 is 11.2 Å². The largest absolute Gasteiger partial charge is 0.493 e. The first-order valence-electron chi connectivity index (χ1n) is 12.3. The van der Waals surface area contributed by atoms with Crippen LogP contribution in [0.1, 0.15) is 64.5 Å². The van der Waals surface area contributed by atoms with E-state index in [4.69, 9.17) is 14.2 Å². The molecule has 33 heavy (non-hydrogen) atoms.